The van der Waals surface area contributed by atoms with Crippen LogP contribution in [0.15, 0.2) is 41.8 Å². The molecule has 1 aromatic heterocycles. The second-order valence-corrected chi connectivity index (χ2v) is 9.06. The fraction of sp³-hybridized carbons (Fsp3) is 0.526. The van der Waals surface area contributed by atoms with Gasteiger partial charge >= 0.3 is 0 Å². The van der Waals surface area contributed by atoms with E-state index in [9.17, 15) is 12.8 Å². The average Bonchev–Trinajstić information content (AvgIpc) is 3.10. The molecule has 0 radical (unpaired) electrons. The second kappa shape index (κ2) is 9.02. The predicted molar refractivity (Wildman–Crippen MR) is 104 cm³/mol. The monoisotopic (exact) mass is 410 g/mol. The zero-order chi connectivity index (χ0) is 20.1. The van der Waals surface area contributed by atoms with Crippen molar-refractivity contribution in [3.05, 3.63) is 42.6 Å². The second-order valence-electron chi connectivity index (χ2n) is 7.22. The van der Waals surface area contributed by atoms with E-state index in [1.807, 2.05) is 0 Å². The highest BCUT2D eigenvalue weighted by Crippen LogP contribution is 2.27. The largest absolute Gasteiger partial charge is 0.493 e. The van der Waals surface area contributed by atoms with Crippen molar-refractivity contribution >= 4 is 10.0 Å². The molecule has 154 valence electrons. The number of imidazole rings is 1. The summed E-state index contributed by atoms with van der Waals surface area (Å²) in [6.45, 7) is 0.609. The molecule has 0 saturated heterocycles. The summed E-state index contributed by atoms with van der Waals surface area (Å²) in [5, 5.41) is 0.0518. The molecule has 1 aliphatic rings. The molecule has 7 nitrogen and oxygen atoms in total. The molecule has 28 heavy (non-hydrogen) atoms. The molecular weight excluding hydrogens is 383 g/mol. The predicted octanol–water partition coefficient (Wildman–Crippen LogP) is 2.29. The summed E-state index contributed by atoms with van der Waals surface area (Å²) in [7, 11) is -1.97. The van der Waals surface area contributed by atoms with Crippen molar-refractivity contribution in [3.8, 4) is 5.75 Å². The SMILES string of the molecule is Cn1cnc(S(=O)(=O)N(CCCOc2cccc(F)c2)C2CCC(N)CC2)c1. The van der Waals surface area contributed by atoms with E-state index in [0.717, 1.165) is 25.7 Å². The van der Waals surface area contributed by atoms with E-state index in [4.69, 9.17) is 10.5 Å². The number of aromatic nitrogens is 2. The lowest BCUT2D eigenvalue weighted by Crippen LogP contribution is -2.45. The Morgan fingerprint density at radius 2 is 2.07 bits per heavy atom. The molecule has 3 rings (SSSR count). The Morgan fingerprint density at radius 3 is 2.71 bits per heavy atom. The normalized spacial score (nSPS) is 20.4. The molecule has 1 aliphatic carbocycles. The summed E-state index contributed by atoms with van der Waals surface area (Å²) < 4.78 is 48.3. The Labute approximate surface area is 165 Å². The van der Waals surface area contributed by atoms with E-state index < -0.39 is 10.0 Å². The third kappa shape index (κ3) is 5.09. The molecule has 1 aromatic carbocycles. The van der Waals surface area contributed by atoms with Crippen molar-refractivity contribution in [1.82, 2.24) is 13.9 Å². The molecule has 1 heterocycles. The summed E-state index contributed by atoms with van der Waals surface area (Å²) in [4.78, 5) is 4.04. The first-order valence-electron chi connectivity index (χ1n) is 9.50. The molecule has 0 bridgehead atoms. The van der Waals surface area contributed by atoms with Crippen molar-refractivity contribution in [2.45, 2.75) is 49.2 Å². The van der Waals surface area contributed by atoms with Crippen LogP contribution in [0.2, 0.25) is 0 Å². The zero-order valence-electron chi connectivity index (χ0n) is 16.0. The highest BCUT2D eigenvalue weighted by atomic mass is 32.2. The molecule has 0 spiro atoms. The number of halogens is 1. The summed E-state index contributed by atoms with van der Waals surface area (Å²) in [5.74, 6) is 0.0678. The maximum absolute atomic E-state index is 13.2. The molecule has 0 unspecified atom stereocenters. The van der Waals surface area contributed by atoms with Crippen molar-refractivity contribution in [2.75, 3.05) is 13.2 Å². The highest BCUT2D eigenvalue weighted by Gasteiger charge is 2.34. The fourth-order valence-corrected chi connectivity index (χ4v) is 5.19. The third-order valence-electron chi connectivity index (χ3n) is 4.99. The van der Waals surface area contributed by atoms with Crippen LogP contribution in [-0.4, -0.2) is 47.5 Å². The van der Waals surface area contributed by atoms with Crippen LogP contribution in [0.5, 0.6) is 5.75 Å². The summed E-state index contributed by atoms with van der Waals surface area (Å²) in [6, 6.07) is 5.95. The first-order valence-corrected chi connectivity index (χ1v) is 10.9. The fourth-order valence-electron chi connectivity index (χ4n) is 3.50. The van der Waals surface area contributed by atoms with Crippen molar-refractivity contribution in [3.63, 3.8) is 0 Å². The van der Waals surface area contributed by atoms with Gasteiger partial charge in [0.2, 0.25) is 0 Å². The smallest absolute Gasteiger partial charge is 0.262 e. The van der Waals surface area contributed by atoms with Crippen LogP contribution in [0.3, 0.4) is 0 Å². The molecule has 1 saturated carbocycles. The molecule has 0 amide bonds. The van der Waals surface area contributed by atoms with Crippen molar-refractivity contribution < 1.29 is 17.5 Å². The van der Waals surface area contributed by atoms with Gasteiger partial charge in [0.05, 0.1) is 12.9 Å². The number of sulfonamides is 1. The molecular formula is C19H27FN4O3S. The van der Waals surface area contributed by atoms with Crippen LogP contribution >= 0.6 is 0 Å². The van der Waals surface area contributed by atoms with Gasteiger partial charge in [0.1, 0.15) is 11.6 Å². The van der Waals surface area contributed by atoms with E-state index in [1.165, 1.54) is 29.0 Å². The van der Waals surface area contributed by atoms with E-state index in [1.54, 1.807) is 23.7 Å². The number of hydrogen-bond acceptors (Lipinski definition) is 5. The first-order chi connectivity index (χ1) is 13.4. The minimum atomic E-state index is -3.70. The van der Waals surface area contributed by atoms with Crippen molar-refractivity contribution in [1.29, 1.82) is 0 Å². The molecule has 9 heteroatoms. The van der Waals surface area contributed by atoms with Gasteiger partial charge in [-0.05, 0) is 44.2 Å². The van der Waals surface area contributed by atoms with Gasteiger partial charge < -0.3 is 15.0 Å². The van der Waals surface area contributed by atoms with Gasteiger partial charge in [0, 0.05) is 37.9 Å². The Morgan fingerprint density at radius 1 is 1.32 bits per heavy atom. The lowest BCUT2D eigenvalue weighted by atomic mass is 9.92. The van der Waals surface area contributed by atoms with Gasteiger partial charge in [-0.3, -0.25) is 0 Å². The van der Waals surface area contributed by atoms with Crippen molar-refractivity contribution in [2.24, 2.45) is 12.8 Å². The minimum Gasteiger partial charge on any atom is -0.493 e. The number of benzene rings is 1. The number of rotatable bonds is 8. The number of aryl methyl sites for hydroxylation is 1. The molecule has 2 aromatic rings. The minimum absolute atomic E-state index is 0.0518. The third-order valence-corrected chi connectivity index (χ3v) is 6.83. The maximum atomic E-state index is 13.2. The van der Waals surface area contributed by atoms with Crippen LogP contribution in [0.25, 0.3) is 0 Å². The standard InChI is InChI=1S/C19H27FN4O3S/c1-23-13-19(22-14-23)28(25,26)24(17-8-6-16(21)7-9-17)10-3-11-27-18-5-2-4-15(20)12-18/h2,4-5,12-14,16-17H,3,6-11,21H2,1H3. The van der Waals surface area contributed by atoms with Gasteiger partial charge in [-0.1, -0.05) is 6.07 Å². The Balaban J connectivity index is 1.67. The summed E-state index contributed by atoms with van der Waals surface area (Å²) in [5.41, 5.74) is 5.98. The highest BCUT2D eigenvalue weighted by molar-refractivity contribution is 7.89. The Hall–Kier alpha value is -1.97. The topological polar surface area (TPSA) is 90.5 Å². The molecule has 1 fully saturated rings. The average molecular weight is 411 g/mol. The first kappa shape index (κ1) is 20.8. The summed E-state index contributed by atoms with van der Waals surface area (Å²) in [6.07, 6.45) is 6.56. The Bertz CT molecular complexity index is 879. The van der Waals surface area contributed by atoms with E-state index in [0.29, 0.717) is 25.3 Å². The van der Waals surface area contributed by atoms with Crippen LogP contribution < -0.4 is 10.5 Å². The lowest BCUT2D eigenvalue weighted by Gasteiger charge is -2.34. The number of nitrogens with zero attached hydrogens (tertiary/aromatic N) is 3. The van der Waals surface area contributed by atoms with E-state index in [2.05, 4.69) is 4.98 Å². The number of hydrogen-bond donors (Lipinski definition) is 1. The quantitative estimate of drug-likeness (QED) is 0.675. The van der Waals surface area contributed by atoms with Crippen LogP contribution in [0.4, 0.5) is 4.39 Å². The van der Waals surface area contributed by atoms with Crippen LogP contribution in [0.1, 0.15) is 32.1 Å². The Kier molecular flexibility index (Phi) is 6.69. The molecule has 0 aliphatic heterocycles. The zero-order valence-corrected chi connectivity index (χ0v) is 16.8. The molecule has 2 N–H and O–H groups in total. The van der Waals surface area contributed by atoms with Gasteiger partial charge in [0.25, 0.3) is 10.0 Å². The van der Waals surface area contributed by atoms with Gasteiger partial charge in [-0.25, -0.2) is 17.8 Å². The molecule has 0 atom stereocenters. The van der Waals surface area contributed by atoms with Gasteiger partial charge in [-0.2, -0.15) is 4.31 Å². The van der Waals surface area contributed by atoms with Gasteiger partial charge in [-0.15, -0.1) is 0 Å². The van der Waals surface area contributed by atoms with Crippen LogP contribution in [-0.2, 0) is 17.1 Å². The lowest BCUT2D eigenvalue weighted by molar-refractivity contribution is 0.220. The van der Waals surface area contributed by atoms with Crippen LogP contribution in [0, 0.1) is 5.82 Å². The van der Waals surface area contributed by atoms with E-state index >= 15 is 0 Å². The summed E-state index contributed by atoms with van der Waals surface area (Å²) >= 11 is 0. The van der Waals surface area contributed by atoms with Gasteiger partial charge in [0.15, 0.2) is 5.03 Å². The maximum Gasteiger partial charge on any atom is 0.262 e. The number of nitrogens with two attached hydrogens (primary N) is 1. The number of ether oxygens (including phenoxy) is 1. The van der Waals surface area contributed by atoms with E-state index in [-0.39, 0.29) is 22.9 Å².